The van der Waals surface area contributed by atoms with Gasteiger partial charge < -0.3 is 9.47 Å². The quantitative estimate of drug-likeness (QED) is 0.758. The SMILES string of the molecule is Cc1ccc2c(c1)C(F)CC(C1CCOCC1)O2. The molecule has 98 valence electrons. The molecule has 1 fully saturated rings. The van der Waals surface area contributed by atoms with E-state index in [2.05, 4.69) is 0 Å². The maximum Gasteiger partial charge on any atom is 0.132 e. The molecular formula is C15H19FO2. The summed E-state index contributed by atoms with van der Waals surface area (Å²) in [6.07, 6.45) is 1.58. The Kier molecular flexibility index (Phi) is 3.25. The Morgan fingerprint density at radius 3 is 2.78 bits per heavy atom. The Balaban J connectivity index is 1.80. The van der Waals surface area contributed by atoms with Crippen LogP contribution in [0.4, 0.5) is 4.39 Å². The van der Waals surface area contributed by atoms with Gasteiger partial charge in [-0.15, -0.1) is 0 Å². The van der Waals surface area contributed by atoms with Gasteiger partial charge in [-0.05, 0) is 31.9 Å². The average Bonchev–Trinajstić information content (AvgIpc) is 2.40. The molecule has 0 bridgehead atoms. The molecule has 1 aromatic rings. The zero-order valence-electron chi connectivity index (χ0n) is 10.7. The summed E-state index contributed by atoms with van der Waals surface area (Å²) in [6, 6.07) is 5.79. The molecule has 2 nitrogen and oxygen atoms in total. The Hall–Kier alpha value is -1.09. The zero-order valence-corrected chi connectivity index (χ0v) is 10.7. The molecule has 0 spiro atoms. The number of rotatable bonds is 1. The van der Waals surface area contributed by atoms with Gasteiger partial charge in [-0.3, -0.25) is 0 Å². The third kappa shape index (κ3) is 2.24. The molecule has 2 aliphatic heterocycles. The summed E-state index contributed by atoms with van der Waals surface area (Å²) >= 11 is 0. The zero-order chi connectivity index (χ0) is 12.5. The summed E-state index contributed by atoms with van der Waals surface area (Å²) in [4.78, 5) is 0. The van der Waals surface area contributed by atoms with Gasteiger partial charge in [0.15, 0.2) is 0 Å². The third-order valence-electron chi connectivity index (χ3n) is 4.01. The minimum absolute atomic E-state index is 0.0131. The van der Waals surface area contributed by atoms with E-state index in [0.717, 1.165) is 42.9 Å². The van der Waals surface area contributed by atoms with Crippen LogP contribution in [0, 0.1) is 12.8 Å². The van der Waals surface area contributed by atoms with Crippen LogP contribution in [0.25, 0.3) is 0 Å². The topological polar surface area (TPSA) is 18.5 Å². The van der Waals surface area contributed by atoms with Gasteiger partial charge in [0.05, 0.1) is 0 Å². The van der Waals surface area contributed by atoms with E-state index < -0.39 is 6.17 Å². The van der Waals surface area contributed by atoms with Crippen LogP contribution < -0.4 is 4.74 Å². The second-order valence-electron chi connectivity index (χ2n) is 5.35. The van der Waals surface area contributed by atoms with Crippen molar-refractivity contribution in [3.8, 4) is 5.75 Å². The summed E-state index contributed by atoms with van der Waals surface area (Å²) in [5, 5.41) is 0. The summed E-state index contributed by atoms with van der Waals surface area (Å²) < 4.78 is 25.6. The first kappa shape index (κ1) is 12.0. The molecule has 2 atom stereocenters. The number of aryl methyl sites for hydroxylation is 1. The van der Waals surface area contributed by atoms with E-state index >= 15 is 0 Å². The fraction of sp³-hybridized carbons (Fsp3) is 0.600. The lowest BCUT2D eigenvalue weighted by Crippen LogP contribution is -2.35. The molecule has 18 heavy (non-hydrogen) atoms. The second-order valence-corrected chi connectivity index (χ2v) is 5.35. The van der Waals surface area contributed by atoms with E-state index in [1.165, 1.54) is 0 Å². The first-order valence-corrected chi connectivity index (χ1v) is 6.73. The van der Waals surface area contributed by atoms with Crippen LogP contribution in [-0.4, -0.2) is 19.3 Å². The standard InChI is InChI=1S/C15H19FO2/c1-10-2-3-14-12(8-10)13(16)9-15(18-14)11-4-6-17-7-5-11/h2-3,8,11,13,15H,4-7,9H2,1H3. The van der Waals surface area contributed by atoms with Gasteiger partial charge in [0, 0.05) is 31.1 Å². The van der Waals surface area contributed by atoms with Crippen molar-refractivity contribution in [3.05, 3.63) is 29.3 Å². The highest BCUT2D eigenvalue weighted by atomic mass is 19.1. The molecule has 1 saturated heterocycles. The maximum atomic E-state index is 14.3. The van der Waals surface area contributed by atoms with Crippen molar-refractivity contribution in [1.82, 2.24) is 0 Å². The number of alkyl halides is 1. The van der Waals surface area contributed by atoms with Crippen molar-refractivity contribution in [3.63, 3.8) is 0 Å². The van der Waals surface area contributed by atoms with Crippen molar-refractivity contribution in [2.24, 2.45) is 5.92 Å². The molecule has 0 aromatic heterocycles. The molecule has 0 amide bonds. The van der Waals surface area contributed by atoms with Crippen LogP contribution in [-0.2, 0) is 4.74 Å². The van der Waals surface area contributed by atoms with E-state index in [0.29, 0.717) is 12.3 Å². The molecule has 2 unspecified atom stereocenters. The van der Waals surface area contributed by atoms with Crippen LogP contribution in [0.2, 0.25) is 0 Å². The van der Waals surface area contributed by atoms with Crippen LogP contribution in [0.15, 0.2) is 18.2 Å². The van der Waals surface area contributed by atoms with Crippen LogP contribution in [0.5, 0.6) is 5.75 Å². The smallest absolute Gasteiger partial charge is 0.132 e. The van der Waals surface area contributed by atoms with Crippen molar-refractivity contribution >= 4 is 0 Å². The number of ether oxygens (including phenoxy) is 2. The monoisotopic (exact) mass is 250 g/mol. The van der Waals surface area contributed by atoms with Gasteiger partial charge in [-0.2, -0.15) is 0 Å². The number of fused-ring (bicyclic) bond motifs is 1. The van der Waals surface area contributed by atoms with E-state index in [1.54, 1.807) is 0 Å². The second kappa shape index (κ2) is 4.88. The molecular weight excluding hydrogens is 231 g/mol. The molecule has 2 aliphatic rings. The lowest BCUT2D eigenvalue weighted by atomic mass is 9.87. The molecule has 3 heteroatoms. The van der Waals surface area contributed by atoms with Gasteiger partial charge in [-0.25, -0.2) is 4.39 Å². The lowest BCUT2D eigenvalue weighted by molar-refractivity contribution is -0.00197. The van der Waals surface area contributed by atoms with Gasteiger partial charge >= 0.3 is 0 Å². The Morgan fingerprint density at radius 2 is 2.00 bits per heavy atom. The lowest BCUT2D eigenvalue weighted by Gasteiger charge is -2.35. The Bertz CT molecular complexity index is 427. The summed E-state index contributed by atoms with van der Waals surface area (Å²) in [5.41, 5.74) is 1.81. The minimum atomic E-state index is -0.888. The number of hydrogen-bond donors (Lipinski definition) is 0. The Morgan fingerprint density at radius 1 is 1.22 bits per heavy atom. The van der Waals surface area contributed by atoms with E-state index in [9.17, 15) is 4.39 Å². The summed E-state index contributed by atoms with van der Waals surface area (Å²) in [6.45, 7) is 3.54. The van der Waals surface area contributed by atoms with Gasteiger partial charge in [-0.1, -0.05) is 11.6 Å². The predicted molar refractivity (Wildman–Crippen MR) is 67.6 cm³/mol. The molecule has 0 N–H and O–H groups in total. The molecule has 1 aromatic carbocycles. The molecule has 2 heterocycles. The number of halogens is 1. The van der Waals surface area contributed by atoms with Crippen LogP contribution in [0.1, 0.15) is 36.6 Å². The highest BCUT2D eigenvalue weighted by Crippen LogP contribution is 2.41. The molecule has 3 rings (SSSR count). The fourth-order valence-corrected chi connectivity index (χ4v) is 2.94. The van der Waals surface area contributed by atoms with Crippen LogP contribution in [0.3, 0.4) is 0 Å². The van der Waals surface area contributed by atoms with Crippen molar-refractivity contribution in [2.45, 2.75) is 38.5 Å². The van der Waals surface area contributed by atoms with Gasteiger partial charge in [0.25, 0.3) is 0 Å². The third-order valence-corrected chi connectivity index (χ3v) is 4.01. The van der Waals surface area contributed by atoms with Crippen LogP contribution >= 0.6 is 0 Å². The normalized spacial score (nSPS) is 28.6. The largest absolute Gasteiger partial charge is 0.490 e. The molecule has 0 radical (unpaired) electrons. The van der Waals surface area contributed by atoms with Gasteiger partial charge in [0.1, 0.15) is 18.0 Å². The number of hydrogen-bond acceptors (Lipinski definition) is 2. The maximum absolute atomic E-state index is 14.3. The first-order chi connectivity index (χ1) is 8.74. The molecule has 0 saturated carbocycles. The van der Waals surface area contributed by atoms with Crippen molar-refractivity contribution < 1.29 is 13.9 Å². The Labute approximate surface area is 107 Å². The minimum Gasteiger partial charge on any atom is -0.490 e. The summed E-state index contributed by atoms with van der Waals surface area (Å²) in [7, 11) is 0. The fourth-order valence-electron chi connectivity index (χ4n) is 2.94. The van der Waals surface area contributed by atoms with E-state index in [4.69, 9.17) is 9.47 Å². The van der Waals surface area contributed by atoms with Crippen molar-refractivity contribution in [2.75, 3.05) is 13.2 Å². The first-order valence-electron chi connectivity index (χ1n) is 6.73. The van der Waals surface area contributed by atoms with E-state index in [1.807, 2.05) is 25.1 Å². The predicted octanol–water partition coefficient (Wildman–Crippen LogP) is 3.58. The number of benzene rings is 1. The summed E-state index contributed by atoms with van der Waals surface area (Å²) in [5.74, 6) is 1.17. The molecule has 0 aliphatic carbocycles. The highest BCUT2D eigenvalue weighted by molar-refractivity contribution is 5.40. The van der Waals surface area contributed by atoms with E-state index in [-0.39, 0.29) is 6.10 Å². The average molecular weight is 250 g/mol. The van der Waals surface area contributed by atoms with Crippen molar-refractivity contribution in [1.29, 1.82) is 0 Å². The van der Waals surface area contributed by atoms with Gasteiger partial charge in [0.2, 0.25) is 0 Å². The highest BCUT2D eigenvalue weighted by Gasteiger charge is 2.34.